The summed E-state index contributed by atoms with van der Waals surface area (Å²) in [5, 5.41) is 6.77. The van der Waals surface area contributed by atoms with Gasteiger partial charge in [0.2, 0.25) is 0 Å². The van der Waals surface area contributed by atoms with Crippen molar-refractivity contribution in [2.24, 2.45) is 0 Å². The monoisotopic (exact) mass is 315 g/mol. The molecule has 0 saturated carbocycles. The molecule has 0 spiro atoms. The van der Waals surface area contributed by atoms with E-state index in [0.29, 0.717) is 18.4 Å². The molecule has 120 valence electrons. The lowest BCUT2D eigenvalue weighted by molar-refractivity contribution is -0.153. The number of nitrogens with one attached hydrogen (secondary N) is 1. The van der Waals surface area contributed by atoms with Gasteiger partial charge in [0.25, 0.3) is 0 Å². The summed E-state index contributed by atoms with van der Waals surface area (Å²) in [6, 6.07) is 6.60. The zero-order chi connectivity index (χ0) is 16.2. The van der Waals surface area contributed by atoms with Gasteiger partial charge in [-0.2, -0.15) is 18.2 Å². The van der Waals surface area contributed by atoms with E-state index in [0.717, 1.165) is 5.56 Å². The van der Waals surface area contributed by atoms with Crippen LogP contribution in [0.25, 0.3) is 0 Å². The lowest BCUT2D eigenvalue weighted by Crippen LogP contribution is -2.19. The Bertz CT molecular complexity index is 594. The summed E-state index contributed by atoms with van der Waals surface area (Å²) in [6.45, 7) is 3.02. The van der Waals surface area contributed by atoms with Gasteiger partial charge in [-0.05, 0) is 17.7 Å². The van der Waals surface area contributed by atoms with E-state index in [1.54, 1.807) is 12.1 Å². The number of rotatable bonds is 6. The molecule has 2 aromatic rings. The van der Waals surface area contributed by atoms with Crippen LogP contribution in [0.2, 0.25) is 0 Å². The molecule has 0 radical (unpaired) electrons. The fourth-order valence-electron chi connectivity index (χ4n) is 1.59. The highest BCUT2D eigenvalue weighted by Gasteiger charge is 2.28. The zero-order valence-corrected chi connectivity index (χ0v) is 12.1. The second-order valence-corrected chi connectivity index (χ2v) is 5.01. The van der Waals surface area contributed by atoms with E-state index in [2.05, 4.69) is 20.2 Å². The molecule has 2 rings (SSSR count). The summed E-state index contributed by atoms with van der Waals surface area (Å²) in [6.07, 6.45) is -4.34. The smallest absolute Gasteiger partial charge is 0.422 e. The van der Waals surface area contributed by atoms with Gasteiger partial charge >= 0.3 is 12.2 Å². The standard InChI is InChI=1S/C14H16F3N3O2/c1-9(2)12-19-13(22-20-12)18-7-10-3-5-11(6-4-10)21-8-14(15,16)17/h3-6,9H,7-8H2,1-2H3,(H,18,19,20). The van der Waals surface area contributed by atoms with Gasteiger partial charge in [0.05, 0.1) is 0 Å². The van der Waals surface area contributed by atoms with Crippen molar-refractivity contribution in [1.29, 1.82) is 0 Å². The third-order valence-corrected chi connectivity index (χ3v) is 2.73. The molecule has 1 aromatic heterocycles. The second kappa shape index (κ2) is 6.67. The highest BCUT2D eigenvalue weighted by Crippen LogP contribution is 2.19. The van der Waals surface area contributed by atoms with Crippen molar-refractivity contribution >= 4 is 6.01 Å². The van der Waals surface area contributed by atoms with E-state index in [4.69, 9.17) is 4.52 Å². The molecule has 0 aliphatic carbocycles. The average Bonchev–Trinajstić information content (AvgIpc) is 2.92. The van der Waals surface area contributed by atoms with Gasteiger partial charge in [-0.25, -0.2) is 0 Å². The van der Waals surface area contributed by atoms with Gasteiger partial charge in [-0.1, -0.05) is 31.1 Å². The first-order valence-corrected chi connectivity index (χ1v) is 6.69. The second-order valence-electron chi connectivity index (χ2n) is 5.01. The van der Waals surface area contributed by atoms with Crippen molar-refractivity contribution in [3.05, 3.63) is 35.7 Å². The Labute approximate surface area is 125 Å². The molecule has 0 fully saturated rings. The molecule has 5 nitrogen and oxygen atoms in total. The Morgan fingerprint density at radius 1 is 1.23 bits per heavy atom. The molecule has 0 atom stereocenters. The van der Waals surface area contributed by atoms with E-state index in [-0.39, 0.29) is 11.7 Å². The van der Waals surface area contributed by atoms with Crippen molar-refractivity contribution < 1.29 is 22.4 Å². The van der Waals surface area contributed by atoms with Gasteiger partial charge in [-0.3, -0.25) is 0 Å². The quantitative estimate of drug-likeness (QED) is 0.880. The van der Waals surface area contributed by atoms with Crippen LogP contribution in [-0.2, 0) is 6.54 Å². The minimum absolute atomic E-state index is 0.168. The maximum Gasteiger partial charge on any atom is 0.422 e. The molecule has 0 aliphatic heterocycles. The molecule has 0 unspecified atom stereocenters. The van der Waals surface area contributed by atoms with Crippen molar-refractivity contribution in [3.8, 4) is 5.75 Å². The van der Waals surface area contributed by atoms with Crippen LogP contribution in [0.1, 0.15) is 31.2 Å². The van der Waals surface area contributed by atoms with Gasteiger partial charge in [-0.15, -0.1) is 0 Å². The third kappa shape index (κ3) is 4.94. The van der Waals surface area contributed by atoms with Crippen molar-refractivity contribution in [3.63, 3.8) is 0 Å². The third-order valence-electron chi connectivity index (χ3n) is 2.73. The summed E-state index contributed by atoms with van der Waals surface area (Å²) < 4.78 is 45.7. The van der Waals surface area contributed by atoms with Crippen LogP contribution in [0, 0.1) is 0 Å². The molecule has 1 N–H and O–H groups in total. The average molecular weight is 315 g/mol. The Hall–Kier alpha value is -2.25. The van der Waals surface area contributed by atoms with Gasteiger partial charge in [0, 0.05) is 12.5 Å². The number of anilines is 1. The number of ether oxygens (including phenoxy) is 1. The van der Waals surface area contributed by atoms with Crippen LogP contribution < -0.4 is 10.1 Å². The Kier molecular flexibility index (Phi) is 4.89. The van der Waals surface area contributed by atoms with Crippen LogP contribution in [-0.4, -0.2) is 22.9 Å². The number of benzene rings is 1. The molecular weight excluding hydrogens is 299 g/mol. The molecule has 0 saturated heterocycles. The molecule has 1 heterocycles. The predicted octanol–water partition coefficient (Wildman–Crippen LogP) is 3.75. The first-order chi connectivity index (χ1) is 10.3. The van der Waals surface area contributed by atoms with E-state index in [1.807, 2.05) is 13.8 Å². The van der Waals surface area contributed by atoms with Crippen LogP contribution in [0.4, 0.5) is 19.2 Å². The summed E-state index contributed by atoms with van der Waals surface area (Å²) >= 11 is 0. The largest absolute Gasteiger partial charge is 0.484 e. The van der Waals surface area contributed by atoms with Gasteiger partial charge < -0.3 is 14.6 Å². The van der Waals surface area contributed by atoms with Gasteiger partial charge in [0.15, 0.2) is 12.4 Å². The molecule has 22 heavy (non-hydrogen) atoms. The number of halogens is 3. The normalized spacial score (nSPS) is 11.7. The maximum atomic E-state index is 12.0. The van der Waals surface area contributed by atoms with Crippen LogP contribution >= 0.6 is 0 Å². The lowest BCUT2D eigenvalue weighted by atomic mass is 10.2. The van der Waals surface area contributed by atoms with Crippen LogP contribution in [0.3, 0.4) is 0 Å². The highest BCUT2D eigenvalue weighted by molar-refractivity contribution is 5.30. The minimum Gasteiger partial charge on any atom is -0.484 e. The SMILES string of the molecule is CC(C)c1noc(NCc2ccc(OCC(F)(F)F)cc2)n1. The molecule has 8 heteroatoms. The summed E-state index contributed by atoms with van der Waals surface area (Å²) in [5.41, 5.74) is 0.851. The Morgan fingerprint density at radius 3 is 2.45 bits per heavy atom. The van der Waals surface area contributed by atoms with E-state index < -0.39 is 12.8 Å². The topological polar surface area (TPSA) is 60.2 Å². The van der Waals surface area contributed by atoms with Crippen molar-refractivity contribution in [2.75, 3.05) is 11.9 Å². The first kappa shape index (κ1) is 16.1. The van der Waals surface area contributed by atoms with Crippen molar-refractivity contribution in [1.82, 2.24) is 10.1 Å². The molecule has 0 bridgehead atoms. The zero-order valence-electron chi connectivity index (χ0n) is 12.1. The molecule has 0 amide bonds. The minimum atomic E-state index is -4.34. The van der Waals surface area contributed by atoms with Crippen molar-refractivity contribution in [2.45, 2.75) is 32.5 Å². The Morgan fingerprint density at radius 2 is 1.91 bits per heavy atom. The molecule has 0 aliphatic rings. The lowest BCUT2D eigenvalue weighted by Gasteiger charge is -2.09. The number of aromatic nitrogens is 2. The van der Waals surface area contributed by atoms with E-state index in [9.17, 15) is 13.2 Å². The highest BCUT2D eigenvalue weighted by atomic mass is 19.4. The fraction of sp³-hybridized carbons (Fsp3) is 0.429. The summed E-state index contributed by atoms with van der Waals surface area (Å²) in [4.78, 5) is 4.16. The summed E-state index contributed by atoms with van der Waals surface area (Å²) in [7, 11) is 0. The maximum absolute atomic E-state index is 12.0. The number of alkyl halides is 3. The number of nitrogens with zero attached hydrogens (tertiary/aromatic N) is 2. The summed E-state index contributed by atoms with van der Waals surface area (Å²) in [5.74, 6) is 0.948. The molecule has 1 aromatic carbocycles. The van der Waals surface area contributed by atoms with Crippen LogP contribution in [0.15, 0.2) is 28.8 Å². The van der Waals surface area contributed by atoms with E-state index in [1.165, 1.54) is 12.1 Å². The fourth-order valence-corrected chi connectivity index (χ4v) is 1.59. The predicted molar refractivity (Wildman–Crippen MR) is 73.7 cm³/mol. The van der Waals surface area contributed by atoms with Crippen LogP contribution in [0.5, 0.6) is 5.75 Å². The number of hydrogen-bond acceptors (Lipinski definition) is 5. The molecular formula is C14H16F3N3O2. The first-order valence-electron chi connectivity index (χ1n) is 6.69. The Balaban J connectivity index is 1.85. The van der Waals surface area contributed by atoms with Gasteiger partial charge in [0.1, 0.15) is 5.75 Å². The number of hydrogen-bond donors (Lipinski definition) is 1. The van der Waals surface area contributed by atoms with E-state index >= 15 is 0 Å².